The summed E-state index contributed by atoms with van der Waals surface area (Å²) in [5.41, 5.74) is 5.13. The predicted molar refractivity (Wildman–Crippen MR) is 73.7 cm³/mol. The van der Waals surface area contributed by atoms with Crippen LogP contribution in [-0.4, -0.2) is 22.5 Å². The summed E-state index contributed by atoms with van der Waals surface area (Å²) in [6.45, 7) is 0.764. The molecule has 0 unspecified atom stereocenters. The minimum Gasteiger partial charge on any atom is -0.336 e. The lowest BCUT2D eigenvalue weighted by molar-refractivity contribution is -0.115. The monoisotopic (exact) mass is 256 g/mol. The minimum absolute atomic E-state index is 0.0589. The molecule has 0 saturated carbocycles. The van der Waals surface area contributed by atoms with Crippen LogP contribution in [-0.2, 0) is 24.8 Å². The van der Waals surface area contributed by atoms with Gasteiger partial charge < -0.3 is 15.2 Å². The van der Waals surface area contributed by atoms with Crippen molar-refractivity contribution in [2.75, 3.05) is 12.4 Å². The van der Waals surface area contributed by atoms with Crippen molar-refractivity contribution in [1.82, 2.24) is 14.9 Å². The molecule has 0 radical (unpaired) electrons. The van der Waals surface area contributed by atoms with Crippen LogP contribution < -0.4 is 10.6 Å². The Morgan fingerprint density at radius 1 is 1.47 bits per heavy atom. The summed E-state index contributed by atoms with van der Waals surface area (Å²) in [5, 5.41) is 6.00. The number of carbonyl (C=O) groups excluding carboxylic acids is 1. The van der Waals surface area contributed by atoms with E-state index in [-0.39, 0.29) is 5.91 Å². The summed E-state index contributed by atoms with van der Waals surface area (Å²) in [6, 6.07) is 6.01. The van der Waals surface area contributed by atoms with Gasteiger partial charge in [0.05, 0.1) is 24.1 Å². The Morgan fingerprint density at radius 3 is 3.11 bits per heavy atom. The van der Waals surface area contributed by atoms with Gasteiger partial charge in [0.1, 0.15) is 0 Å². The second-order valence-corrected chi connectivity index (χ2v) is 4.78. The highest BCUT2D eigenvalue weighted by atomic mass is 16.1. The molecule has 5 heteroatoms. The Balaban J connectivity index is 2.04. The summed E-state index contributed by atoms with van der Waals surface area (Å²) in [7, 11) is 3.91. The van der Waals surface area contributed by atoms with Crippen molar-refractivity contribution >= 4 is 11.6 Å². The smallest absolute Gasteiger partial charge is 0.228 e. The number of hydrogen-bond acceptors (Lipinski definition) is 3. The van der Waals surface area contributed by atoms with Gasteiger partial charge in [-0.15, -0.1) is 0 Å². The van der Waals surface area contributed by atoms with E-state index in [0.29, 0.717) is 6.42 Å². The third-order valence-electron chi connectivity index (χ3n) is 3.41. The van der Waals surface area contributed by atoms with Crippen LogP contribution in [0, 0.1) is 0 Å². The zero-order chi connectivity index (χ0) is 13.4. The van der Waals surface area contributed by atoms with Crippen LogP contribution in [0.1, 0.15) is 11.3 Å². The summed E-state index contributed by atoms with van der Waals surface area (Å²) in [4.78, 5) is 15.8. The maximum absolute atomic E-state index is 11.4. The standard InChI is InChI=1S/C14H16N4O/c1-15-7-12-14(16-8-18(12)2)9-3-4-11-10(5-9)6-13(19)17-11/h3-5,8,15H,6-7H2,1-2H3,(H,17,19). The Bertz CT molecular complexity index is 645. The molecule has 3 rings (SSSR count). The van der Waals surface area contributed by atoms with E-state index in [9.17, 15) is 4.79 Å². The van der Waals surface area contributed by atoms with Gasteiger partial charge in [-0.1, -0.05) is 6.07 Å². The first kappa shape index (κ1) is 11.9. The first-order valence-corrected chi connectivity index (χ1v) is 6.27. The maximum Gasteiger partial charge on any atom is 0.228 e. The SMILES string of the molecule is CNCc1c(-c2ccc3c(c2)CC(=O)N3)ncn1C. The molecule has 1 aliphatic heterocycles. The number of aryl methyl sites for hydroxylation is 1. The second-order valence-electron chi connectivity index (χ2n) is 4.78. The molecule has 0 fully saturated rings. The molecule has 0 spiro atoms. The van der Waals surface area contributed by atoms with E-state index < -0.39 is 0 Å². The first-order valence-electron chi connectivity index (χ1n) is 6.27. The van der Waals surface area contributed by atoms with Gasteiger partial charge in [0, 0.05) is 24.8 Å². The lowest BCUT2D eigenvalue weighted by Gasteiger charge is -2.07. The molecule has 1 aliphatic rings. The van der Waals surface area contributed by atoms with Crippen molar-refractivity contribution in [2.24, 2.45) is 7.05 Å². The Kier molecular flexibility index (Phi) is 2.83. The van der Waals surface area contributed by atoms with Crippen LogP contribution in [0.4, 0.5) is 5.69 Å². The number of imidazole rings is 1. The average molecular weight is 256 g/mol. The summed E-state index contributed by atoms with van der Waals surface area (Å²) in [5.74, 6) is 0.0589. The van der Waals surface area contributed by atoms with E-state index >= 15 is 0 Å². The third kappa shape index (κ3) is 2.02. The average Bonchev–Trinajstić information content (AvgIpc) is 2.92. The zero-order valence-corrected chi connectivity index (χ0v) is 11.0. The van der Waals surface area contributed by atoms with E-state index in [0.717, 1.165) is 34.7 Å². The molecule has 0 bridgehead atoms. The van der Waals surface area contributed by atoms with E-state index in [1.54, 1.807) is 0 Å². The van der Waals surface area contributed by atoms with Crippen molar-refractivity contribution in [3.63, 3.8) is 0 Å². The maximum atomic E-state index is 11.4. The van der Waals surface area contributed by atoms with E-state index in [1.165, 1.54) is 0 Å². The van der Waals surface area contributed by atoms with Crippen LogP contribution >= 0.6 is 0 Å². The quantitative estimate of drug-likeness (QED) is 0.870. The molecule has 0 saturated heterocycles. The number of fused-ring (bicyclic) bond motifs is 1. The van der Waals surface area contributed by atoms with Crippen molar-refractivity contribution < 1.29 is 4.79 Å². The second kappa shape index (κ2) is 4.51. The minimum atomic E-state index is 0.0589. The van der Waals surface area contributed by atoms with Gasteiger partial charge in [0.15, 0.2) is 0 Å². The predicted octanol–water partition coefficient (Wildman–Crippen LogP) is 1.30. The molecule has 1 amide bonds. The number of hydrogen-bond donors (Lipinski definition) is 2. The van der Waals surface area contributed by atoms with Gasteiger partial charge in [-0.2, -0.15) is 0 Å². The number of anilines is 1. The summed E-state index contributed by atoms with van der Waals surface area (Å²) < 4.78 is 2.02. The highest BCUT2D eigenvalue weighted by molar-refractivity contribution is 5.99. The summed E-state index contributed by atoms with van der Waals surface area (Å²) >= 11 is 0. The van der Waals surface area contributed by atoms with E-state index in [1.807, 2.05) is 37.1 Å². The molecular formula is C14H16N4O. The number of rotatable bonds is 3. The Morgan fingerprint density at radius 2 is 2.32 bits per heavy atom. The molecule has 2 N–H and O–H groups in total. The third-order valence-corrected chi connectivity index (χ3v) is 3.41. The Labute approximate surface area is 111 Å². The van der Waals surface area contributed by atoms with Gasteiger partial charge in [-0.25, -0.2) is 4.98 Å². The van der Waals surface area contributed by atoms with Crippen LogP contribution in [0.15, 0.2) is 24.5 Å². The van der Waals surface area contributed by atoms with Crippen LogP contribution in [0.5, 0.6) is 0 Å². The van der Waals surface area contributed by atoms with Gasteiger partial charge in [0.2, 0.25) is 5.91 Å². The van der Waals surface area contributed by atoms with Crippen LogP contribution in [0.2, 0.25) is 0 Å². The molecular weight excluding hydrogens is 240 g/mol. The van der Waals surface area contributed by atoms with Crippen molar-refractivity contribution in [3.05, 3.63) is 35.8 Å². The van der Waals surface area contributed by atoms with Crippen LogP contribution in [0.25, 0.3) is 11.3 Å². The normalized spacial score (nSPS) is 13.5. The van der Waals surface area contributed by atoms with Gasteiger partial charge >= 0.3 is 0 Å². The van der Waals surface area contributed by atoms with Crippen molar-refractivity contribution in [3.8, 4) is 11.3 Å². The molecule has 98 valence electrons. The molecule has 2 heterocycles. The van der Waals surface area contributed by atoms with Crippen molar-refractivity contribution in [1.29, 1.82) is 0 Å². The largest absolute Gasteiger partial charge is 0.336 e. The molecule has 5 nitrogen and oxygen atoms in total. The van der Waals surface area contributed by atoms with Crippen molar-refractivity contribution in [2.45, 2.75) is 13.0 Å². The number of nitrogens with zero attached hydrogens (tertiary/aromatic N) is 2. The van der Waals surface area contributed by atoms with Gasteiger partial charge in [0.25, 0.3) is 0 Å². The zero-order valence-electron chi connectivity index (χ0n) is 11.0. The Hall–Kier alpha value is -2.14. The highest BCUT2D eigenvalue weighted by Gasteiger charge is 2.19. The topological polar surface area (TPSA) is 59.0 Å². The highest BCUT2D eigenvalue weighted by Crippen LogP contribution is 2.29. The van der Waals surface area contributed by atoms with Gasteiger partial charge in [-0.3, -0.25) is 4.79 Å². The number of carbonyl (C=O) groups is 1. The fourth-order valence-corrected chi connectivity index (χ4v) is 2.45. The number of amides is 1. The summed E-state index contributed by atoms with van der Waals surface area (Å²) in [6.07, 6.45) is 2.27. The lowest BCUT2D eigenvalue weighted by atomic mass is 10.0. The van der Waals surface area contributed by atoms with Gasteiger partial charge in [-0.05, 0) is 24.7 Å². The molecule has 1 aromatic heterocycles. The first-order chi connectivity index (χ1) is 9.19. The molecule has 0 aliphatic carbocycles. The number of benzene rings is 1. The van der Waals surface area contributed by atoms with Crippen LogP contribution in [0.3, 0.4) is 0 Å². The molecule has 0 atom stereocenters. The van der Waals surface area contributed by atoms with E-state index in [2.05, 4.69) is 21.7 Å². The fourth-order valence-electron chi connectivity index (χ4n) is 2.45. The molecule has 1 aromatic carbocycles. The molecule has 2 aromatic rings. The molecule has 19 heavy (non-hydrogen) atoms. The number of nitrogens with one attached hydrogen (secondary N) is 2. The lowest BCUT2D eigenvalue weighted by Crippen LogP contribution is -2.09. The number of aromatic nitrogens is 2. The van der Waals surface area contributed by atoms with E-state index in [4.69, 9.17) is 0 Å². The fraction of sp³-hybridized carbons (Fsp3) is 0.286.